The molecule has 0 fully saturated rings. The Morgan fingerprint density at radius 2 is 0.426 bits per heavy atom. The first-order valence-corrected chi connectivity index (χ1v) is 26.2. The molecule has 0 atom stereocenters. The Bertz CT molecular complexity index is 1350. The molecule has 0 heterocycles. The highest BCUT2D eigenvalue weighted by Crippen LogP contribution is 2.49. The molecule has 1 heteroatoms. The second-order valence-corrected chi connectivity index (χ2v) is 18.6. The standard InChI is InChI=1S/C60H90O/c1-3-5-7-9-11-13-15-17-19-21-23-25-27-29-43-53-59(55-45-35-31-36-46-55,56-47-37-32-38-48-56)61-60(57-49-39-33-40-50-57,58-51-41-34-42-52-58)54-44-30-28-26-24-22-20-18-16-14-12-10-8-6-4-2/h31-42,45-52H,3-30,43-44,53-54H2,1-2H3. The summed E-state index contributed by atoms with van der Waals surface area (Å²) in [5.74, 6) is 0. The van der Waals surface area contributed by atoms with Gasteiger partial charge < -0.3 is 4.74 Å². The van der Waals surface area contributed by atoms with Gasteiger partial charge in [-0.2, -0.15) is 0 Å². The molecule has 0 amide bonds. The Labute approximate surface area is 377 Å². The van der Waals surface area contributed by atoms with Gasteiger partial charge >= 0.3 is 0 Å². The predicted octanol–water partition coefficient (Wildman–Crippen LogP) is 19.4. The van der Waals surface area contributed by atoms with Crippen LogP contribution in [0.3, 0.4) is 0 Å². The van der Waals surface area contributed by atoms with E-state index >= 15 is 0 Å². The van der Waals surface area contributed by atoms with Crippen molar-refractivity contribution < 1.29 is 4.74 Å². The third-order valence-electron chi connectivity index (χ3n) is 13.6. The van der Waals surface area contributed by atoms with Gasteiger partial charge in [0.2, 0.25) is 0 Å². The molecular formula is C60H90O. The molecule has 4 aromatic carbocycles. The molecule has 4 aromatic rings. The summed E-state index contributed by atoms with van der Waals surface area (Å²) in [6.07, 6.45) is 43.0. The van der Waals surface area contributed by atoms with Crippen LogP contribution < -0.4 is 0 Å². The van der Waals surface area contributed by atoms with E-state index in [9.17, 15) is 0 Å². The van der Waals surface area contributed by atoms with Crippen LogP contribution in [0, 0.1) is 0 Å². The molecule has 1 nitrogen and oxygen atoms in total. The number of hydrogen-bond donors (Lipinski definition) is 0. The lowest BCUT2D eigenvalue weighted by molar-refractivity contribution is -0.136. The van der Waals surface area contributed by atoms with Crippen LogP contribution in [0.1, 0.15) is 242 Å². The van der Waals surface area contributed by atoms with Crippen molar-refractivity contribution in [3.05, 3.63) is 144 Å². The summed E-state index contributed by atoms with van der Waals surface area (Å²) in [5, 5.41) is 0. The summed E-state index contributed by atoms with van der Waals surface area (Å²) in [4.78, 5) is 0. The van der Waals surface area contributed by atoms with Gasteiger partial charge in [-0.05, 0) is 47.9 Å². The second-order valence-electron chi connectivity index (χ2n) is 18.6. The minimum atomic E-state index is -0.597. The van der Waals surface area contributed by atoms with Crippen molar-refractivity contribution in [2.24, 2.45) is 0 Å². The molecular weight excluding hydrogens is 737 g/mol. The summed E-state index contributed by atoms with van der Waals surface area (Å²) in [5.41, 5.74) is 3.86. The highest BCUT2D eigenvalue weighted by atomic mass is 16.5. The highest BCUT2D eigenvalue weighted by Gasteiger charge is 2.46. The first kappa shape index (κ1) is 50.5. The molecule has 0 saturated heterocycles. The van der Waals surface area contributed by atoms with E-state index in [2.05, 4.69) is 135 Å². The molecule has 61 heavy (non-hydrogen) atoms. The summed E-state index contributed by atoms with van der Waals surface area (Å²) in [7, 11) is 0. The minimum absolute atomic E-state index is 0.597. The summed E-state index contributed by atoms with van der Waals surface area (Å²) < 4.78 is 8.21. The molecule has 0 radical (unpaired) electrons. The van der Waals surface area contributed by atoms with Crippen molar-refractivity contribution in [1.82, 2.24) is 0 Å². The van der Waals surface area contributed by atoms with Crippen molar-refractivity contribution in [2.75, 3.05) is 0 Å². The van der Waals surface area contributed by atoms with Gasteiger partial charge in [-0.15, -0.1) is 0 Å². The van der Waals surface area contributed by atoms with E-state index in [4.69, 9.17) is 4.74 Å². The maximum atomic E-state index is 8.21. The van der Waals surface area contributed by atoms with E-state index in [0.717, 1.165) is 25.7 Å². The lowest BCUT2D eigenvalue weighted by Crippen LogP contribution is -2.43. The van der Waals surface area contributed by atoms with Crippen molar-refractivity contribution in [1.29, 1.82) is 0 Å². The van der Waals surface area contributed by atoms with E-state index in [1.54, 1.807) is 0 Å². The molecule has 0 spiro atoms. The quantitative estimate of drug-likeness (QED) is 0.0409. The van der Waals surface area contributed by atoms with Crippen LogP contribution in [0.15, 0.2) is 121 Å². The van der Waals surface area contributed by atoms with E-state index in [1.807, 2.05) is 0 Å². The van der Waals surface area contributed by atoms with Crippen LogP contribution in [0.5, 0.6) is 0 Å². The van der Waals surface area contributed by atoms with Crippen molar-refractivity contribution in [3.8, 4) is 0 Å². The Morgan fingerprint density at radius 3 is 0.623 bits per heavy atom. The van der Waals surface area contributed by atoms with Crippen LogP contribution in [-0.2, 0) is 15.9 Å². The SMILES string of the molecule is CCCCCCCCCCCCCCCCCC(OC(CCCCCCCCCCCCCCCCC)(c1ccccc1)c1ccccc1)(c1ccccc1)c1ccccc1. The largest absolute Gasteiger partial charge is 0.350 e. The molecule has 0 aromatic heterocycles. The van der Waals surface area contributed by atoms with Crippen LogP contribution in [-0.4, -0.2) is 0 Å². The first-order valence-electron chi connectivity index (χ1n) is 26.2. The molecule has 0 unspecified atom stereocenters. The normalized spacial score (nSPS) is 12.0. The van der Waals surface area contributed by atoms with Crippen molar-refractivity contribution in [3.63, 3.8) is 0 Å². The lowest BCUT2D eigenvalue weighted by Gasteiger charge is -2.46. The lowest BCUT2D eigenvalue weighted by atomic mass is 9.77. The maximum Gasteiger partial charge on any atom is 0.120 e. The maximum absolute atomic E-state index is 8.21. The minimum Gasteiger partial charge on any atom is -0.350 e. The average molecular weight is 827 g/mol. The predicted molar refractivity (Wildman–Crippen MR) is 268 cm³/mol. The molecule has 0 aliphatic carbocycles. The molecule has 0 aliphatic rings. The molecule has 336 valence electrons. The van der Waals surface area contributed by atoms with E-state index < -0.39 is 11.2 Å². The fourth-order valence-corrected chi connectivity index (χ4v) is 9.87. The van der Waals surface area contributed by atoms with Crippen LogP contribution in [0.25, 0.3) is 0 Å². The molecule has 0 bridgehead atoms. The number of ether oxygens (including phenoxy) is 1. The van der Waals surface area contributed by atoms with E-state index in [1.165, 1.54) is 202 Å². The average Bonchev–Trinajstić information content (AvgIpc) is 3.31. The third-order valence-corrected chi connectivity index (χ3v) is 13.6. The zero-order valence-corrected chi connectivity index (χ0v) is 39.6. The summed E-state index contributed by atoms with van der Waals surface area (Å²) in [6, 6.07) is 44.9. The van der Waals surface area contributed by atoms with Gasteiger partial charge in [-0.3, -0.25) is 0 Å². The fourth-order valence-electron chi connectivity index (χ4n) is 9.87. The Balaban J connectivity index is 1.42. The number of benzene rings is 4. The van der Waals surface area contributed by atoms with Gasteiger partial charge in [0.1, 0.15) is 11.2 Å². The van der Waals surface area contributed by atoms with Crippen LogP contribution in [0.4, 0.5) is 0 Å². The van der Waals surface area contributed by atoms with Gasteiger partial charge in [-0.1, -0.05) is 315 Å². The Morgan fingerprint density at radius 1 is 0.246 bits per heavy atom. The zero-order valence-electron chi connectivity index (χ0n) is 39.6. The van der Waals surface area contributed by atoms with Gasteiger partial charge in [0, 0.05) is 0 Å². The van der Waals surface area contributed by atoms with E-state index in [-0.39, 0.29) is 0 Å². The number of hydrogen-bond acceptors (Lipinski definition) is 1. The van der Waals surface area contributed by atoms with Gasteiger partial charge in [0.25, 0.3) is 0 Å². The molecule has 0 saturated carbocycles. The Hall–Kier alpha value is -3.16. The highest BCUT2D eigenvalue weighted by molar-refractivity contribution is 5.41. The van der Waals surface area contributed by atoms with Crippen LogP contribution in [0.2, 0.25) is 0 Å². The number of unbranched alkanes of at least 4 members (excludes halogenated alkanes) is 28. The molecule has 0 N–H and O–H groups in total. The molecule has 0 aliphatic heterocycles. The van der Waals surface area contributed by atoms with E-state index in [0.29, 0.717) is 0 Å². The van der Waals surface area contributed by atoms with Gasteiger partial charge in [0.05, 0.1) is 0 Å². The van der Waals surface area contributed by atoms with Gasteiger partial charge in [-0.25, -0.2) is 0 Å². The summed E-state index contributed by atoms with van der Waals surface area (Å²) >= 11 is 0. The Kier molecular flexibility index (Phi) is 26.9. The topological polar surface area (TPSA) is 9.23 Å². The first-order chi connectivity index (χ1) is 30.2. The van der Waals surface area contributed by atoms with Gasteiger partial charge in [0.15, 0.2) is 0 Å². The fraction of sp³-hybridized carbons (Fsp3) is 0.600. The summed E-state index contributed by atoms with van der Waals surface area (Å²) in [6.45, 7) is 4.62. The second kappa shape index (κ2) is 32.5. The molecule has 4 rings (SSSR count). The third kappa shape index (κ3) is 19.0. The smallest absolute Gasteiger partial charge is 0.120 e. The number of rotatable bonds is 38. The van der Waals surface area contributed by atoms with Crippen LogP contribution >= 0.6 is 0 Å². The van der Waals surface area contributed by atoms with Crippen molar-refractivity contribution >= 4 is 0 Å². The zero-order chi connectivity index (χ0) is 42.8. The monoisotopic (exact) mass is 827 g/mol. The van der Waals surface area contributed by atoms with Crippen molar-refractivity contribution in [2.45, 2.75) is 231 Å².